The highest BCUT2D eigenvalue weighted by atomic mass is 32.2. The molecule has 2 N–H and O–H groups in total. The van der Waals surface area contributed by atoms with E-state index in [1.807, 2.05) is 60.7 Å². The first-order valence-corrected chi connectivity index (χ1v) is 16.8. The summed E-state index contributed by atoms with van der Waals surface area (Å²) in [5.74, 6) is -2.44. The third-order valence-electron chi connectivity index (χ3n) is 7.32. The van der Waals surface area contributed by atoms with Gasteiger partial charge in [0.25, 0.3) is 19.3 Å². The fraction of sp³-hybridized carbons (Fsp3) is 0.290. The topological polar surface area (TPSA) is 133 Å². The molecule has 0 bridgehead atoms. The van der Waals surface area contributed by atoms with Gasteiger partial charge in [-0.1, -0.05) is 72.8 Å². The van der Waals surface area contributed by atoms with Gasteiger partial charge in [0.05, 0.1) is 29.9 Å². The molecule has 2 heterocycles. The molecule has 0 aromatic heterocycles. The standard InChI is InChI=1S/C31H32N3O7PS/c1-2-41-42(40,32-26-20-43-31(22-13-7-4-8-14-22)33(30(26)39)18-27(35)36)19-23(17-21-11-5-3-6-12-21)34-28(37)24-15-9-10-16-25(24)29(34)38/h3-16,23,26,31H,2,17-20H2,1H3,(H,32,40)(H,35,36). The lowest BCUT2D eigenvalue weighted by Gasteiger charge is -2.40. The van der Waals surface area contributed by atoms with Crippen molar-refractivity contribution < 1.29 is 33.4 Å². The van der Waals surface area contributed by atoms with E-state index >= 15 is 0 Å². The minimum atomic E-state index is -3.88. The van der Waals surface area contributed by atoms with Gasteiger partial charge >= 0.3 is 5.97 Å². The molecular weight excluding hydrogens is 589 g/mol. The molecule has 10 nitrogen and oxygen atoms in total. The number of nitrogens with zero attached hydrogens (tertiary/aromatic N) is 2. The van der Waals surface area contributed by atoms with Gasteiger partial charge in [-0.2, -0.15) is 0 Å². The van der Waals surface area contributed by atoms with Crippen LogP contribution < -0.4 is 5.09 Å². The molecule has 0 saturated carbocycles. The van der Waals surface area contributed by atoms with E-state index in [0.29, 0.717) is 0 Å². The van der Waals surface area contributed by atoms with E-state index in [4.69, 9.17) is 4.52 Å². The number of carbonyl (C=O) groups is 4. The number of fused-ring (bicyclic) bond motifs is 1. The summed E-state index contributed by atoms with van der Waals surface area (Å²) in [5, 5.41) is 12.0. The van der Waals surface area contributed by atoms with Crippen LogP contribution in [0.2, 0.25) is 0 Å². The average molecular weight is 622 g/mol. The number of benzene rings is 3. The number of rotatable bonds is 12. The van der Waals surface area contributed by atoms with Crippen LogP contribution in [0.1, 0.15) is 44.1 Å². The van der Waals surface area contributed by atoms with Gasteiger partial charge in [0.2, 0.25) is 5.91 Å². The number of amides is 3. The molecule has 2 aliphatic rings. The second kappa shape index (κ2) is 13.3. The van der Waals surface area contributed by atoms with Crippen LogP contribution in [0.15, 0.2) is 84.9 Å². The predicted octanol–water partition coefficient (Wildman–Crippen LogP) is 4.44. The van der Waals surface area contributed by atoms with Gasteiger partial charge in [-0.05, 0) is 36.6 Å². The second-order valence-corrected chi connectivity index (χ2v) is 13.6. The number of carboxylic acids is 1. The lowest BCUT2D eigenvalue weighted by Crippen LogP contribution is -2.53. The molecule has 43 heavy (non-hydrogen) atoms. The van der Waals surface area contributed by atoms with Crippen molar-refractivity contribution in [2.24, 2.45) is 0 Å². The largest absolute Gasteiger partial charge is 0.480 e. The van der Waals surface area contributed by atoms with Crippen LogP contribution >= 0.6 is 19.3 Å². The number of carbonyl (C=O) groups excluding carboxylic acids is 3. The summed E-state index contributed by atoms with van der Waals surface area (Å²) in [6, 6.07) is 23.1. The molecule has 12 heteroatoms. The molecule has 5 rings (SSSR count). The summed E-state index contributed by atoms with van der Waals surface area (Å²) in [6.07, 6.45) is -0.0175. The van der Waals surface area contributed by atoms with Crippen LogP contribution in [0.5, 0.6) is 0 Å². The molecule has 4 unspecified atom stereocenters. The van der Waals surface area contributed by atoms with Gasteiger partial charge in [-0.3, -0.25) is 28.6 Å². The van der Waals surface area contributed by atoms with Gasteiger partial charge in [0.15, 0.2) is 0 Å². The van der Waals surface area contributed by atoms with Gasteiger partial charge in [0.1, 0.15) is 18.0 Å². The lowest BCUT2D eigenvalue weighted by atomic mass is 10.1. The first kappa shape index (κ1) is 30.7. The molecular formula is C31H32N3O7PS. The van der Waals surface area contributed by atoms with Crippen LogP contribution in [-0.2, 0) is 25.1 Å². The molecule has 3 amide bonds. The maximum Gasteiger partial charge on any atom is 0.323 e. The number of carboxylic acid groups (broad SMARTS) is 1. The van der Waals surface area contributed by atoms with E-state index in [9.17, 15) is 28.8 Å². The fourth-order valence-corrected chi connectivity index (χ4v) is 9.14. The Morgan fingerprint density at radius 1 is 0.977 bits per heavy atom. The predicted molar refractivity (Wildman–Crippen MR) is 163 cm³/mol. The summed E-state index contributed by atoms with van der Waals surface area (Å²) in [6.45, 7) is 1.18. The van der Waals surface area contributed by atoms with Gasteiger partial charge in [-0.25, -0.2) is 5.09 Å². The van der Waals surface area contributed by atoms with E-state index < -0.39 is 55.2 Å². The normalized spacial score (nSPS) is 20.5. The van der Waals surface area contributed by atoms with Gasteiger partial charge in [0, 0.05) is 5.75 Å². The molecule has 0 spiro atoms. The van der Waals surface area contributed by atoms with E-state index in [1.54, 1.807) is 31.2 Å². The SMILES string of the molecule is CCOP(=O)(CC(Cc1ccccc1)N1C(=O)c2ccccc2C1=O)NC1CSC(c2ccccc2)N(CC(=O)O)C1=O. The minimum Gasteiger partial charge on any atom is -0.480 e. The summed E-state index contributed by atoms with van der Waals surface area (Å²) in [5.41, 5.74) is 2.16. The van der Waals surface area contributed by atoms with Crippen LogP contribution in [-0.4, -0.2) is 75.7 Å². The Bertz CT molecular complexity index is 1520. The van der Waals surface area contributed by atoms with E-state index in [2.05, 4.69) is 5.09 Å². The Morgan fingerprint density at radius 3 is 2.14 bits per heavy atom. The van der Waals surface area contributed by atoms with Crippen molar-refractivity contribution in [1.29, 1.82) is 0 Å². The molecule has 3 aromatic rings. The Labute approximate surface area is 253 Å². The Balaban J connectivity index is 1.43. The summed E-state index contributed by atoms with van der Waals surface area (Å²) < 4.78 is 20.3. The quantitative estimate of drug-likeness (QED) is 0.222. The molecule has 4 atom stereocenters. The highest BCUT2D eigenvalue weighted by Gasteiger charge is 2.45. The number of aliphatic carboxylic acids is 1. The fourth-order valence-electron chi connectivity index (χ4n) is 5.49. The van der Waals surface area contributed by atoms with Crippen molar-refractivity contribution >= 4 is 43.0 Å². The number of imide groups is 1. The second-order valence-electron chi connectivity index (χ2n) is 10.3. The first-order valence-electron chi connectivity index (χ1n) is 13.9. The summed E-state index contributed by atoms with van der Waals surface area (Å²) >= 11 is 1.36. The van der Waals surface area contributed by atoms with Crippen LogP contribution in [0.25, 0.3) is 0 Å². The van der Waals surface area contributed by atoms with Crippen LogP contribution in [0, 0.1) is 0 Å². The molecule has 1 fully saturated rings. The van der Waals surface area contributed by atoms with Crippen LogP contribution in [0.3, 0.4) is 0 Å². The zero-order chi connectivity index (χ0) is 30.6. The Morgan fingerprint density at radius 2 is 1.56 bits per heavy atom. The van der Waals surface area contributed by atoms with Crippen molar-refractivity contribution in [3.05, 3.63) is 107 Å². The maximum atomic E-state index is 14.5. The van der Waals surface area contributed by atoms with Crippen molar-refractivity contribution in [2.45, 2.75) is 30.8 Å². The lowest BCUT2D eigenvalue weighted by molar-refractivity contribution is -0.145. The highest BCUT2D eigenvalue weighted by molar-refractivity contribution is 7.99. The van der Waals surface area contributed by atoms with Gasteiger partial charge in [-0.15, -0.1) is 11.8 Å². The number of hydrogen-bond acceptors (Lipinski definition) is 7. The van der Waals surface area contributed by atoms with Crippen molar-refractivity contribution in [1.82, 2.24) is 14.9 Å². The average Bonchev–Trinajstić information content (AvgIpc) is 3.25. The van der Waals surface area contributed by atoms with Crippen molar-refractivity contribution in [2.75, 3.05) is 25.1 Å². The highest BCUT2D eigenvalue weighted by Crippen LogP contribution is 2.47. The third kappa shape index (κ3) is 6.75. The molecule has 0 aliphatic carbocycles. The number of thioether (sulfide) groups is 1. The Hall–Kier alpha value is -3.76. The molecule has 3 aromatic carbocycles. The van der Waals surface area contributed by atoms with Crippen molar-refractivity contribution in [3.8, 4) is 0 Å². The smallest absolute Gasteiger partial charge is 0.323 e. The summed E-state index contributed by atoms with van der Waals surface area (Å²) in [4.78, 5) is 54.8. The third-order valence-corrected chi connectivity index (χ3v) is 11.0. The maximum absolute atomic E-state index is 14.5. The summed E-state index contributed by atoms with van der Waals surface area (Å²) in [7, 11) is -3.88. The molecule has 224 valence electrons. The monoisotopic (exact) mass is 621 g/mol. The zero-order valence-electron chi connectivity index (χ0n) is 23.5. The Kier molecular flexibility index (Phi) is 9.46. The minimum absolute atomic E-state index is 0.0456. The number of hydrogen-bond donors (Lipinski definition) is 2. The molecule has 0 radical (unpaired) electrons. The molecule has 2 aliphatic heterocycles. The first-order chi connectivity index (χ1) is 20.7. The molecule has 1 saturated heterocycles. The number of nitrogens with one attached hydrogen (secondary N) is 1. The zero-order valence-corrected chi connectivity index (χ0v) is 25.2. The van der Waals surface area contributed by atoms with Crippen molar-refractivity contribution in [3.63, 3.8) is 0 Å². The van der Waals surface area contributed by atoms with E-state index in [0.717, 1.165) is 16.0 Å². The van der Waals surface area contributed by atoms with E-state index in [-0.39, 0.29) is 36.1 Å². The van der Waals surface area contributed by atoms with Gasteiger partial charge < -0.3 is 14.5 Å². The van der Waals surface area contributed by atoms with Crippen LogP contribution in [0.4, 0.5) is 0 Å². The van der Waals surface area contributed by atoms with E-state index in [1.165, 1.54) is 16.7 Å².